The van der Waals surface area contributed by atoms with E-state index in [-0.39, 0.29) is 11.9 Å². The maximum atomic E-state index is 13.1. The average molecular weight is 339 g/mol. The number of halogens is 2. The summed E-state index contributed by atoms with van der Waals surface area (Å²) in [5, 5.41) is 0.363. The predicted molar refractivity (Wildman–Crippen MR) is 92.4 cm³/mol. The maximum absolute atomic E-state index is 13.1. The first-order valence-electron chi connectivity index (χ1n) is 8.86. The number of ether oxygens (including phenoxy) is 1. The molecule has 1 saturated heterocycles. The van der Waals surface area contributed by atoms with E-state index in [1.54, 1.807) is 6.07 Å². The Kier molecular flexibility index (Phi) is 6.18. The van der Waals surface area contributed by atoms with Crippen LogP contribution < -0.4 is 4.74 Å². The second-order valence-electron chi connectivity index (χ2n) is 6.83. The van der Waals surface area contributed by atoms with Crippen LogP contribution in [0.1, 0.15) is 44.9 Å². The predicted octanol–water partition coefficient (Wildman–Crippen LogP) is 5.11. The van der Waals surface area contributed by atoms with Crippen LogP contribution in [0, 0.1) is 18.2 Å². The van der Waals surface area contributed by atoms with Gasteiger partial charge < -0.3 is 9.64 Å². The molecule has 1 aromatic carbocycles. The smallest absolute Gasteiger partial charge is 0.138 e. The molecule has 1 heterocycles. The van der Waals surface area contributed by atoms with Crippen LogP contribution in [0.3, 0.4) is 0 Å². The molecule has 0 bridgehead atoms. The van der Waals surface area contributed by atoms with Gasteiger partial charge in [0.2, 0.25) is 0 Å². The fraction of sp³-hybridized carbons (Fsp3) is 0.632. The van der Waals surface area contributed by atoms with Gasteiger partial charge in [0, 0.05) is 13.1 Å². The van der Waals surface area contributed by atoms with E-state index in [0.717, 1.165) is 31.8 Å². The Balaban J connectivity index is 1.39. The summed E-state index contributed by atoms with van der Waals surface area (Å²) in [5.41, 5.74) is 0. The maximum Gasteiger partial charge on any atom is 0.138 e. The number of hydrogen-bond acceptors (Lipinski definition) is 2. The second-order valence-corrected chi connectivity index (χ2v) is 7.24. The second kappa shape index (κ2) is 8.34. The van der Waals surface area contributed by atoms with E-state index < -0.39 is 0 Å². The van der Waals surface area contributed by atoms with Gasteiger partial charge in [0.15, 0.2) is 0 Å². The van der Waals surface area contributed by atoms with Gasteiger partial charge in [0.25, 0.3) is 0 Å². The van der Waals surface area contributed by atoms with Crippen molar-refractivity contribution in [3.8, 4) is 5.75 Å². The highest BCUT2D eigenvalue weighted by Gasteiger charge is 2.22. The molecule has 0 N–H and O–H groups in total. The zero-order valence-electron chi connectivity index (χ0n) is 13.6. The number of likely N-dealkylation sites (tertiary alicyclic amines) is 1. The normalized spacial score (nSPS) is 21.5. The molecule has 3 rings (SSSR count). The first-order valence-corrected chi connectivity index (χ1v) is 9.24. The van der Waals surface area contributed by atoms with Crippen LogP contribution in [-0.2, 0) is 0 Å². The first kappa shape index (κ1) is 17.0. The summed E-state index contributed by atoms with van der Waals surface area (Å²) in [4.78, 5) is 2.56. The van der Waals surface area contributed by atoms with Crippen molar-refractivity contribution in [3.05, 3.63) is 35.5 Å². The molecule has 4 heteroatoms. The standard InChI is InChI=1S/C19H26ClFNO/c20-18-14-16(21)6-7-19(18)23-17-9-12-22(13-10-17)11-8-15-4-2-1-3-5-15/h1,6-7,14-15,17H,2-5,8-13H2. The summed E-state index contributed by atoms with van der Waals surface area (Å²) < 4.78 is 19.0. The lowest BCUT2D eigenvalue weighted by molar-refractivity contribution is 0.0960. The number of hydrogen-bond donors (Lipinski definition) is 0. The Bertz CT molecular complexity index is 496. The van der Waals surface area contributed by atoms with Crippen LogP contribution in [0.2, 0.25) is 5.02 Å². The van der Waals surface area contributed by atoms with Gasteiger partial charge in [-0.1, -0.05) is 24.4 Å². The van der Waals surface area contributed by atoms with Crippen molar-refractivity contribution in [2.45, 2.75) is 51.0 Å². The fourth-order valence-corrected chi connectivity index (χ4v) is 3.86. The lowest BCUT2D eigenvalue weighted by Crippen LogP contribution is -2.39. The lowest BCUT2D eigenvalue weighted by atomic mass is 9.87. The average Bonchev–Trinajstić information content (AvgIpc) is 2.58. The van der Waals surface area contributed by atoms with Crippen LogP contribution in [-0.4, -0.2) is 30.6 Å². The van der Waals surface area contributed by atoms with Crippen molar-refractivity contribution in [3.63, 3.8) is 0 Å². The van der Waals surface area contributed by atoms with Gasteiger partial charge in [-0.05, 0) is 69.2 Å². The highest BCUT2D eigenvalue weighted by Crippen LogP contribution is 2.29. The summed E-state index contributed by atoms with van der Waals surface area (Å²) in [7, 11) is 0. The Morgan fingerprint density at radius 1 is 1.13 bits per heavy atom. The van der Waals surface area contributed by atoms with Crippen LogP contribution in [0.25, 0.3) is 0 Å². The largest absolute Gasteiger partial charge is 0.489 e. The molecule has 2 aliphatic rings. The Morgan fingerprint density at radius 2 is 1.87 bits per heavy atom. The van der Waals surface area contributed by atoms with Crippen molar-refractivity contribution < 1.29 is 9.13 Å². The van der Waals surface area contributed by atoms with E-state index in [9.17, 15) is 4.39 Å². The van der Waals surface area contributed by atoms with E-state index in [2.05, 4.69) is 11.3 Å². The molecule has 0 aromatic heterocycles. The topological polar surface area (TPSA) is 12.5 Å². The van der Waals surface area contributed by atoms with Crippen LogP contribution >= 0.6 is 11.6 Å². The molecule has 1 aliphatic carbocycles. The highest BCUT2D eigenvalue weighted by atomic mass is 35.5. The molecule has 0 amide bonds. The van der Waals surface area contributed by atoms with Gasteiger partial charge >= 0.3 is 0 Å². The highest BCUT2D eigenvalue weighted by molar-refractivity contribution is 6.32. The molecule has 0 unspecified atom stereocenters. The van der Waals surface area contributed by atoms with Gasteiger partial charge in [-0.3, -0.25) is 0 Å². The fourth-order valence-electron chi connectivity index (χ4n) is 3.65. The molecule has 2 fully saturated rings. The monoisotopic (exact) mass is 338 g/mol. The summed E-state index contributed by atoms with van der Waals surface area (Å²) in [6, 6.07) is 4.34. The Labute approximate surface area is 144 Å². The van der Waals surface area contributed by atoms with Gasteiger partial charge in [0.1, 0.15) is 17.7 Å². The van der Waals surface area contributed by atoms with Crippen molar-refractivity contribution in [2.24, 2.45) is 5.92 Å². The summed E-state index contributed by atoms with van der Waals surface area (Å²) >= 11 is 6.04. The van der Waals surface area contributed by atoms with E-state index in [1.165, 1.54) is 50.8 Å². The van der Waals surface area contributed by atoms with Crippen molar-refractivity contribution in [1.29, 1.82) is 0 Å². The molecule has 1 aliphatic heterocycles. The zero-order valence-corrected chi connectivity index (χ0v) is 14.4. The van der Waals surface area contributed by atoms with Crippen LogP contribution in [0.4, 0.5) is 4.39 Å². The van der Waals surface area contributed by atoms with Crippen molar-refractivity contribution in [2.75, 3.05) is 19.6 Å². The Hall–Kier alpha value is -0.800. The summed E-state index contributed by atoms with van der Waals surface area (Å²) in [6.45, 7) is 3.39. The van der Waals surface area contributed by atoms with Gasteiger partial charge in [-0.15, -0.1) is 0 Å². The van der Waals surface area contributed by atoms with E-state index in [1.807, 2.05) is 0 Å². The number of benzene rings is 1. The minimum absolute atomic E-state index is 0.193. The summed E-state index contributed by atoms with van der Waals surface area (Å²) in [5.74, 6) is 1.20. The van der Waals surface area contributed by atoms with Crippen LogP contribution in [0.5, 0.6) is 5.75 Å². The van der Waals surface area contributed by atoms with E-state index in [4.69, 9.17) is 16.3 Å². The van der Waals surface area contributed by atoms with Gasteiger partial charge in [0.05, 0.1) is 5.02 Å². The van der Waals surface area contributed by atoms with Gasteiger partial charge in [-0.2, -0.15) is 0 Å². The molecule has 127 valence electrons. The molecular formula is C19H26ClFNO. The molecule has 2 nitrogen and oxygen atoms in total. The minimum atomic E-state index is -0.322. The van der Waals surface area contributed by atoms with E-state index in [0.29, 0.717) is 10.8 Å². The van der Waals surface area contributed by atoms with Gasteiger partial charge in [-0.25, -0.2) is 4.39 Å². The molecule has 0 spiro atoms. The molecular weight excluding hydrogens is 313 g/mol. The van der Waals surface area contributed by atoms with Crippen molar-refractivity contribution in [1.82, 2.24) is 4.90 Å². The zero-order chi connectivity index (χ0) is 16.1. The molecule has 1 aromatic rings. The Morgan fingerprint density at radius 3 is 2.57 bits per heavy atom. The summed E-state index contributed by atoms with van der Waals surface area (Å²) in [6.07, 6.45) is 11.4. The van der Waals surface area contributed by atoms with E-state index >= 15 is 0 Å². The molecule has 0 atom stereocenters. The van der Waals surface area contributed by atoms with Crippen LogP contribution in [0.15, 0.2) is 18.2 Å². The number of rotatable bonds is 5. The third-order valence-electron chi connectivity index (χ3n) is 5.13. The third kappa shape index (κ3) is 5.09. The molecule has 1 radical (unpaired) electrons. The minimum Gasteiger partial charge on any atom is -0.489 e. The number of nitrogens with zero attached hydrogens (tertiary/aromatic N) is 1. The first-order chi connectivity index (χ1) is 11.2. The molecule has 23 heavy (non-hydrogen) atoms. The lowest BCUT2D eigenvalue weighted by Gasteiger charge is -2.33. The SMILES string of the molecule is Fc1ccc(OC2CCN(CCC3CC[CH]CC3)CC2)c(Cl)c1. The molecule has 1 saturated carbocycles. The third-order valence-corrected chi connectivity index (χ3v) is 5.43. The number of piperidine rings is 1. The quantitative estimate of drug-likeness (QED) is 0.740. The van der Waals surface area contributed by atoms with Crippen molar-refractivity contribution >= 4 is 11.6 Å².